The maximum absolute atomic E-state index is 8.70. The maximum atomic E-state index is 8.70. The lowest BCUT2D eigenvalue weighted by Gasteiger charge is -1.95. The zero-order valence-electron chi connectivity index (χ0n) is 9.24. The molecule has 0 heterocycles. The van der Waals surface area contributed by atoms with Crippen molar-refractivity contribution in [1.29, 1.82) is 0 Å². The number of aliphatic hydroxyl groups is 1. The van der Waals surface area contributed by atoms with Crippen molar-refractivity contribution in [2.75, 3.05) is 6.61 Å². The SMILES string of the molecule is CC(=C=CCCc1ccccc1)CCO. The molecule has 0 spiro atoms. The van der Waals surface area contributed by atoms with Crippen LogP contribution in [0.3, 0.4) is 0 Å². The summed E-state index contributed by atoms with van der Waals surface area (Å²) in [7, 11) is 0. The van der Waals surface area contributed by atoms with Gasteiger partial charge in [0.2, 0.25) is 0 Å². The van der Waals surface area contributed by atoms with Crippen LogP contribution in [0, 0.1) is 0 Å². The molecule has 0 aliphatic carbocycles. The third-order valence-electron chi connectivity index (χ3n) is 2.26. The average Bonchev–Trinajstić information content (AvgIpc) is 2.26. The predicted octanol–water partition coefficient (Wildman–Crippen LogP) is 3.10. The largest absolute Gasteiger partial charge is 0.396 e. The summed E-state index contributed by atoms with van der Waals surface area (Å²) in [5.41, 5.74) is 5.66. The van der Waals surface area contributed by atoms with Gasteiger partial charge in [-0.1, -0.05) is 30.3 Å². The zero-order valence-corrected chi connectivity index (χ0v) is 9.24. The first-order valence-corrected chi connectivity index (χ1v) is 5.38. The molecule has 1 nitrogen and oxygen atoms in total. The quantitative estimate of drug-likeness (QED) is 0.727. The van der Waals surface area contributed by atoms with Gasteiger partial charge < -0.3 is 5.11 Å². The van der Waals surface area contributed by atoms with Gasteiger partial charge in [0, 0.05) is 6.61 Å². The maximum Gasteiger partial charge on any atom is 0.0474 e. The smallest absolute Gasteiger partial charge is 0.0474 e. The number of rotatable bonds is 5. The fourth-order valence-corrected chi connectivity index (χ4v) is 1.37. The van der Waals surface area contributed by atoms with Crippen molar-refractivity contribution in [2.24, 2.45) is 0 Å². The lowest BCUT2D eigenvalue weighted by molar-refractivity contribution is 0.299. The Morgan fingerprint density at radius 3 is 2.73 bits per heavy atom. The van der Waals surface area contributed by atoms with Gasteiger partial charge in [-0.15, -0.1) is 5.73 Å². The summed E-state index contributed by atoms with van der Waals surface area (Å²) in [6, 6.07) is 10.4. The van der Waals surface area contributed by atoms with Crippen molar-refractivity contribution in [3.63, 3.8) is 0 Å². The molecule has 1 aromatic carbocycles. The van der Waals surface area contributed by atoms with Crippen LogP contribution in [-0.4, -0.2) is 11.7 Å². The van der Waals surface area contributed by atoms with E-state index in [1.165, 1.54) is 5.56 Å². The molecule has 1 rings (SSSR count). The molecule has 80 valence electrons. The second-order valence-corrected chi connectivity index (χ2v) is 3.63. The average molecular weight is 202 g/mol. The van der Waals surface area contributed by atoms with E-state index in [1.54, 1.807) is 0 Å². The van der Waals surface area contributed by atoms with E-state index in [1.807, 2.05) is 13.0 Å². The molecule has 1 N–H and O–H groups in total. The second-order valence-electron chi connectivity index (χ2n) is 3.63. The third kappa shape index (κ3) is 5.21. The lowest BCUT2D eigenvalue weighted by atomic mass is 10.1. The molecule has 0 atom stereocenters. The topological polar surface area (TPSA) is 20.2 Å². The van der Waals surface area contributed by atoms with Crippen molar-refractivity contribution < 1.29 is 5.11 Å². The summed E-state index contributed by atoms with van der Waals surface area (Å²) in [5.74, 6) is 0. The summed E-state index contributed by atoms with van der Waals surface area (Å²) in [6.45, 7) is 2.21. The van der Waals surface area contributed by atoms with Crippen molar-refractivity contribution in [3.8, 4) is 0 Å². The van der Waals surface area contributed by atoms with Crippen LogP contribution in [0.1, 0.15) is 25.3 Å². The lowest BCUT2D eigenvalue weighted by Crippen LogP contribution is -1.82. The number of aryl methyl sites for hydroxylation is 1. The molecule has 0 saturated carbocycles. The minimum Gasteiger partial charge on any atom is -0.396 e. The van der Waals surface area contributed by atoms with Crippen LogP contribution < -0.4 is 0 Å². The van der Waals surface area contributed by atoms with E-state index in [4.69, 9.17) is 5.11 Å². The molecular formula is C14H18O. The molecule has 0 bridgehead atoms. The van der Waals surface area contributed by atoms with E-state index in [-0.39, 0.29) is 6.61 Å². The Kier molecular flexibility index (Phi) is 5.54. The molecule has 0 aliphatic rings. The second kappa shape index (κ2) is 7.05. The van der Waals surface area contributed by atoms with Crippen molar-refractivity contribution in [3.05, 3.63) is 53.3 Å². The summed E-state index contributed by atoms with van der Waals surface area (Å²) in [5, 5.41) is 8.70. The van der Waals surface area contributed by atoms with Crippen molar-refractivity contribution in [2.45, 2.75) is 26.2 Å². The molecule has 0 radical (unpaired) electrons. The molecule has 1 aromatic rings. The normalized spacial score (nSPS) is 9.47. The van der Waals surface area contributed by atoms with Crippen molar-refractivity contribution >= 4 is 0 Å². The number of hydrogen-bond donors (Lipinski definition) is 1. The fourth-order valence-electron chi connectivity index (χ4n) is 1.37. The number of aliphatic hydroxyl groups excluding tert-OH is 1. The standard InChI is InChI=1S/C14H18O/c1-13(11-12-15)7-5-6-10-14-8-3-2-4-9-14/h2-5,8-9,15H,6,10-12H2,1H3. The van der Waals surface area contributed by atoms with Crippen LogP contribution in [0.5, 0.6) is 0 Å². The molecule has 0 saturated heterocycles. The Hall–Kier alpha value is -1.30. The van der Waals surface area contributed by atoms with Crippen LogP contribution in [-0.2, 0) is 6.42 Å². The van der Waals surface area contributed by atoms with E-state index in [0.29, 0.717) is 0 Å². The monoisotopic (exact) mass is 202 g/mol. The van der Waals surface area contributed by atoms with E-state index in [9.17, 15) is 0 Å². The van der Waals surface area contributed by atoms with Gasteiger partial charge >= 0.3 is 0 Å². The molecule has 0 fully saturated rings. The molecular weight excluding hydrogens is 184 g/mol. The summed E-state index contributed by atoms with van der Waals surface area (Å²) in [6.07, 6.45) is 4.84. The summed E-state index contributed by atoms with van der Waals surface area (Å²) < 4.78 is 0. The van der Waals surface area contributed by atoms with E-state index >= 15 is 0 Å². The Morgan fingerprint density at radius 1 is 1.33 bits per heavy atom. The van der Waals surface area contributed by atoms with Crippen LogP contribution in [0.15, 0.2) is 47.7 Å². The van der Waals surface area contributed by atoms with Crippen LogP contribution >= 0.6 is 0 Å². The van der Waals surface area contributed by atoms with Gasteiger partial charge in [-0.3, -0.25) is 0 Å². The van der Waals surface area contributed by atoms with Gasteiger partial charge in [-0.05, 0) is 43.4 Å². The van der Waals surface area contributed by atoms with Gasteiger partial charge in [0.25, 0.3) is 0 Å². The van der Waals surface area contributed by atoms with Crippen LogP contribution in [0.4, 0.5) is 0 Å². The summed E-state index contributed by atoms with van der Waals surface area (Å²) in [4.78, 5) is 0. The van der Waals surface area contributed by atoms with Crippen molar-refractivity contribution in [1.82, 2.24) is 0 Å². The Balaban J connectivity index is 2.36. The van der Waals surface area contributed by atoms with Gasteiger partial charge in [-0.25, -0.2) is 0 Å². The van der Waals surface area contributed by atoms with Gasteiger partial charge in [0.05, 0.1) is 0 Å². The van der Waals surface area contributed by atoms with Gasteiger partial charge in [0.1, 0.15) is 0 Å². The molecule has 15 heavy (non-hydrogen) atoms. The Bertz CT molecular complexity index is 332. The van der Waals surface area contributed by atoms with Gasteiger partial charge in [0.15, 0.2) is 0 Å². The van der Waals surface area contributed by atoms with Gasteiger partial charge in [-0.2, -0.15) is 0 Å². The first kappa shape index (κ1) is 11.8. The van der Waals surface area contributed by atoms with E-state index in [2.05, 4.69) is 36.1 Å². The van der Waals surface area contributed by atoms with E-state index in [0.717, 1.165) is 24.8 Å². The number of benzene rings is 1. The third-order valence-corrected chi connectivity index (χ3v) is 2.26. The molecule has 1 heteroatoms. The highest BCUT2D eigenvalue weighted by molar-refractivity contribution is 5.15. The molecule has 0 aromatic heterocycles. The minimum atomic E-state index is 0.214. The Labute approximate surface area is 91.8 Å². The molecule has 0 aliphatic heterocycles. The zero-order chi connectivity index (χ0) is 10.9. The molecule has 0 unspecified atom stereocenters. The number of hydrogen-bond acceptors (Lipinski definition) is 1. The van der Waals surface area contributed by atoms with Crippen LogP contribution in [0.2, 0.25) is 0 Å². The van der Waals surface area contributed by atoms with E-state index < -0.39 is 0 Å². The molecule has 0 amide bonds. The first-order chi connectivity index (χ1) is 7.33. The highest BCUT2D eigenvalue weighted by atomic mass is 16.2. The Morgan fingerprint density at radius 2 is 2.07 bits per heavy atom. The minimum absolute atomic E-state index is 0.214. The predicted molar refractivity (Wildman–Crippen MR) is 63.7 cm³/mol. The van der Waals surface area contributed by atoms with Crippen LogP contribution in [0.25, 0.3) is 0 Å². The summed E-state index contributed by atoms with van der Waals surface area (Å²) >= 11 is 0. The first-order valence-electron chi connectivity index (χ1n) is 5.38. The fraction of sp³-hybridized carbons (Fsp3) is 0.357. The highest BCUT2D eigenvalue weighted by Crippen LogP contribution is 2.03. The highest BCUT2D eigenvalue weighted by Gasteiger charge is 1.88.